The topological polar surface area (TPSA) is 50.4 Å². The van der Waals surface area contributed by atoms with Gasteiger partial charge in [-0.2, -0.15) is 0 Å². The van der Waals surface area contributed by atoms with Crippen LogP contribution in [0.5, 0.6) is 5.75 Å². The van der Waals surface area contributed by atoms with Crippen LogP contribution in [-0.2, 0) is 12.8 Å². The number of aromatic hydroxyl groups is 1. The van der Waals surface area contributed by atoms with Crippen LogP contribution in [0.25, 0.3) is 21.5 Å². The van der Waals surface area contributed by atoms with Gasteiger partial charge in [0, 0.05) is 6.07 Å². The lowest BCUT2D eigenvalue weighted by Gasteiger charge is -2.18. The molecule has 0 bridgehead atoms. The van der Waals surface area contributed by atoms with Crippen molar-refractivity contribution in [3.05, 3.63) is 88.5 Å². The predicted molar refractivity (Wildman–Crippen MR) is 105 cm³/mol. The SMILES string of the molecule is O=c1cc(O)cco1.c1ccc2c(c1)ccc1c3c(ccc12)CCCC3. The highest BCUT2D eigenvalue weighted by Crippen LogP contribution is 2.33. The number of benzene rings is 3. The summed E-state index contributed by atoms with van der Waals surface area (Å²) in [6.45, 7) is 0. The zero-order chi connectivity index (χ0) is 17.9. The van der Waals surface area contributed by atoms with E-state index in [0.717, 1.165) is 12.3 Å². The largest absolute Gasteiger partial charge is 0.508 e. The summed E-state index contributed by atoms with van der Waals surface area (Å²) in [5.41, 5.74) is 2.64. The lowest BCUT2D eigenvalue weighted by Crippen LogP contribution is -2.02. The second kappa shape index (κ2) is 7.04. The van der Waals surface area contributed by atoms with E-state index >= 15 is 0 Å². The molecule has 130 valence electrons. The molecular formula is C23H20O3. The van der Waals surface area contributed by atoms with Crippen LogP contribution in [0, 0.1) is 0 Å². The Morgan fingerprint density at radius 3 is 2.42 bits per heavy atom. The van der Waals surface area contributed by atoms with Gasteiger partial charge in [-0.05, 0) is 58.4 Å². The first-order valence-corrected chi connectivity index (χ1v) is 8.92. The van der Waals surface area contributed by atoms with Gasteiger partial charge in [0.1, 0.15) is 5.75 Å². The summed E-state index contributed by atoms with van der Waals surface area (Å²) >= 11 is 0. The third-order valence-electron chi connectivity index (χ3n) is 4.95. The Morgan fingerprint density at radius 1 is 0.808 bits per heavy atom. The van der Waals surface area contributed by atoms with Crippen LogP contribution in [0.3, 0.4) is 0 Å². The third-order valence-corrected chi connectivity index (χ3v) is 4.95. The summed E-state index contributed by atoms with van der Waals surface area (Å²) in [6.07, 6.45) is 6.35. The molecule has 0 spiro atoms. The van der Waals surface area contributed by atoms with E-state index in [1.807, 2.05) is 0 Å². The quantitative estimate of drug-likeness (QED) is 0.445. The van der Waals surface area contributed by atoms with Gasteiger partial charge in [0.05, 0.1) is 12.3 Å². The molecule has 26 heavy (non-hydrogen) atoms. The van der Waals surface area contributed by atoms with E-state index < -0.39 is 5.63 Å². The van der Waals surface area contributed by atoms with Crippen LogP contribution in [0.1, 0.15) is 24.0 Å². The maximum atomic E-state index is 10.2. The fourth-order valence-electron chi connectivity index (χ4n) is 3.72. The lowest BCUT2D eigenvalue weighted by molar-refractivity contribution is 0.447. The summed E-state index contributed by atoms with van der Waals surface area (Å²) in [6, 6.07) is 20.3. The van der Waals surface area contributed by atoms with Gasteiger partial charge in [0.2, 0.25) is 0 Å². The van der Waals surface area contributed by atoms with Crippen LogP contribution >= 0.6 is 0 Å². The number of hydrogen-bond acceptors (Lipinski definition) is 3. The van der Waals surface area contributed by atoms with Gasteiger partial charge in [-0.15, -0.1) is 0 Å². The van der Waals surface area contributed by atoms with Crippen molar-refractivity contribution in [3.63, 3.8) is 0 Å². The molecule has 5 rings (SSSR count). The van der Waals surface area contributed by atoms with E-state index in [4.69, 9.17) is 5.11 Å². The summed E-state index contributed by atoms with van der Waals surface area (Å²) in [7, 11) is 0. The smallest absolute Gasteiger partial charge is 0.339 e. The van der Waals surface area contributed by atoms with Crippen molar-refractivity contribution in [2.45, 2.75) is 25.7 Å². The monoisotopic (exact) mass is 344 g/mol. The molecule has 1 aliphatic rings. The summed E-state index contributed by atoms with van der Waals surface area (Å²) in [5.74, 6) is -0.0683. The second-order valence-electron chi connectivity index (χ2n) is 6.60. The molecule has 1 heterocycles. The van der Waals surface area contributed by atoms with Crippen molar-refractivity contribution < 1.29 is 9.52 Å². The molecule has 3 aromatic carbocycles. The van der Waals surface area contributed by atoms with Crippen LogP contribution in [0.4, 0.5) is 0 Å². The molecule has 0 fully saturated rings. The molecule has 1 aromatic heterocycles. The molecular weight excluding hydrogens is 324 g/mol. The second-order valence-corrected chi connectivity index (χ2v) is 6.60. The van der Waals surface area contributed by atoms with Gasteiger partial charge < -0.3 is 9.52 Å². The Labute approximate surface area is 151 Å². The lowest BCUT2D eigenvalue weighted by atomic mass is 9.86. The van der Waals surface area contributed by atoms with Gasteiger partial charge in [0.15, 0.2) is 0 Å². The van der Waals surface area contributed by atoms with Crippen LogP contribution in [0.2, 0.25) is 0 Å². The molecule has 0 saturated carbocycles. The molecule has 3 nitrogen and oxygen atoms in total. The average Bonchev–Trinajstić information content (AvgIpc) is 2.68. The minimum atomic E-state index is -0.537. The molecule has 0 atom stereocenters. The van der Waals surface area contributed by atoms with E-state index in [-0.39, 0.29) is 5.75 Å². The Bertz CT molecular complexity index is 1130. The van der Waals surface area contributed by atoms with Gasteiger partial charge in [0.25, 0.3) is 0 Å². The van der Waals surface area contributed by atoms with E-state index in [9.17, 15) is 4.79 Å². The zero-order valence-corrected chi connectivity index (χ0v) is 14.4. The minimum Gasteiger partial charge on any atom is -0.508 e. The Balaban J connectivity index is 0.000000178. The molecule has 0 amide bonds. The highest BCUT2D eigenvalue weighted by atomic mass is 16.4. The maximum absolute atomic E-state index is 10.2. The van der Waals surface area contributed by atoms with Crippen molar-refractivity contribution in [3.8, 4) is 5.75 Å². The van der Waals surface area contributed by atoms with Gasteiger partial charge in [-0.3, -0.25) is 0 Å². The molecule has 1 N–H and O–H groups in total. The first-order chi connectivity index (χ1) is 12.7. The van der Waals surface area contributed by atoms with Crippen molar-refractivity contribution >= 4 is 21.5 Å². The number of fused-ring (bicyclic) bond motifs is 5. The Kier molecular flexibility index (Phi) is 4.44. The number of aryl methyl sites for hydroxylation is 2. The summed E-state index contributed by atoms with van der Waals surface area (Å²) in [4.78, 5) is 10.2. The van der Waals surface area contributed by atoms with Crippen molar-refractivity contribution in [2.75, 3.05) is 0 Å². The van der Waals surface area contributed by atoms with Gasteiger partial charge in [-0.25, -0.2) is 4.79 Å². The standard InChI is InChI=1S/C18H16.C5H4O3/c1-3-7-15-13(5-1)9-11-18-16-8-4-2-6-14(16)10-12-17(15)18;6-4-1-2-8-5(7)3-4/h1,3,5,7,9-12H,2,4,6,8H2;1-3,6H. The fraction of sp³-hybridized carbons (Fsp3) is 0.174. The van der Waals surface area contributed by atoms with Crippen LogP contribution in [0.15, 0.2) is 76.1 Å². The molecule has 0 aliphatic heterocycles. The van der Waals surface area contributed by atoms with Gasteiger partial charge >= 0.3 is 5.63 Å². The van der Waals surface area contributed by atoms with E-state index in [1.165, 1.54) is 53.3 Å². The molecule has 3 heteroatoms. The molecule has 4 aromatic rings. The Hall–Kier alpha value is -3.07. The maximum Gasteiger partial charge on any atom is 0.339 e. The molecule has 0 radical (unpaired) electrons. The summed E-state index contributed by atoms with van der Waals surface area (Å²) < 4.78 is 4.29. The first-order valence-electron chi connectivity index (χ1n) is 8.92. The van der Waals surface area contributed by atoms with Crippen molar-refractivity contribution in [1.29, 1.82) is 0 Å². The molecule has 0 saturated heterocycles. The first kappa shape index (κ1) is 16.4. The van der Waals surface area contributed by atoms with Crippen LogP contribution in [-0.4, -0.2) is 5.11 Å². The number of hydrogen-bond donors (Lipinski definition) is 1. The Morgan fingerprint density at radius 2 is 1.62 bits per heavy atom. The highest BCUT2D eigenvalue weighted by Gasteiger charge is 2.13. The highest BCUT2D eigenvalue weighted by molar-refractivity contribution is 6.08. The van der Waals surface area contributed by atoms with E-state index in [0.29, 0.717) is 0 Å². The predicted octanol–water partition coefficient (Wildman–Crippen LogP) is 5.22. The average molecular weight is 344 g/mol. The molecule has 1 aliphatic carbocycles. The van der Waals surface area contributed by atoms with Gasteiger partial charge in [-0.1, -0.05) is 48.5 Å². The molecule has 0 unspecified atom stereocenters. The zero-order valence-electron chi connectivity index (χ0n) is 14.4. The third kappa shape index (κ3) is 3.21. The normalized spacial score (nSPS) is 13.1. The fourth-order valence-corrected chi connectivity index (χ4v) is 3.72. The van der Waals surface area contributed by atoms with Crippen molar-refractivity contribution in [1.82, 2.24) is 0 Å². The number of rotatable bonds is 0. The van der Waals surface area contributed by atoms with Crippen molar-refractivity contribution in [2.24, 2.45) is 0 Å². The minimum absolute atomic E-state index is 0.0683. The van der Waals surface area contributed by atoms with Crippen LogP contribution < -0.4 is 5.63 Å². The summed E-state index contributed by atoms with van der Waals surface area (Å²) in [5, 5.41) is 14.2. The van der Waals surface area contributed by atoms with E-state index in [2.05, 4.69) is 52.9 Å². The van der Waals surface area contributed by atoms with E-state index in [1.54, 1.807) is 11.1 Å².